The predicted octanol–water partition coefficient (Wildman–Crippen LogP) is 3.55. The van der Waals surface area contributed by atoms with Crippen LogP contribution >= 0.6 is 11.8 Å². The summed E-state index contributed by atoms with van der Waals surface area (Å²) in [7, 11) is 0. The van der Waals surface area contributed by atoms with Crippen molar-refractivity contribution in [3.63, 3.8) is 0 Å². The van der Waals surface area contributed by atoms with Gasteiger partial charge in [0.1, 0.15) is 5.82 Å². The Bertz CT molecular complexity index is 759. The van der Waals surface area contributed by atoms with E-state index in [2.05, 4.69) is 10.2 Å². The number of para-hydroxylation sites is 1. The fraction of sp³-hybridized carbons (Fsp3) is 0.176. The molecule has 0 aliphatic rings. The van der Waals surface area contributed by atoms with Crippen LogP contribution in [0.25, 0.3) is 17.1 Å². The molecule has 0 atom stereocenters. The van der Waals surface area contributed by atoms with Crippen molar-refractivity contribution in [1.82, 2.24) is 14.8 Å². The van der Waals surface area contributed by atoms with Crippen LogP contribution in [0.5, 0.6) is 0 Å². The standard InChI is InChI=1S/C17H16FN3OS/c18-14-9-7-13(8-10-14)16-19-20-17(23-12-4-11-22)21(16)15-5-2-1-3-6-15/h1-3,5-10,22H,4,11-12H2. The molecule has 23 heavy (non-hydrogen) atoms. The molecule has 1 N–H and O–H groups in total. The second-order valence-corrected chi connectivity index (χ2v) is 5.97. The average Bonchev–Trinajstić information content (AvgIpc) is 3.00. The minimum atomic E-state index is -0.280. The zero-order valence-corrected chi connectivity index (χ0v) is 13.2. The normalized spacial score (nSPS) is 10.9. The Morgan fingerprint density at radius 3 is 2.43 bits per heavy atom. The lowest BCUT2D eigenvalue weighted by Gasteiger charge is -2.10. The highest BCUT2D eigenvalue weighted by Gasteiger charge is 2.15. The maximum absolute atomic E-state index is 13.2. The van der Waals surface area contributed by atoms with Crippen molar-refractivity contribution in [2.24, 2.45) is 0 Å². The van der Waals surface area contributed by atoms with Gasteiger partial charge in [0.05, 0.1) is 0 Å². The van der Waals surface area contributed by atoms with E-state index in [4.69, 9.17) is 5.11 Å². The number of hydrogen-bond donors (Lipinski definition) is 1. The minimum absolute atomic E-state index is 0.150. The molecule has 0 amide bonds. The van der Waals surface area contributed by atoms with Crippen LogP contribution in [0.4, 0.5) is 4.39 Å². The summed E-state index contributed by atoms with van der Waals surface area (Å²) in [5.74, 6) is 1.14. The Hall–Kier alpha value is -2.18. The molecular weight excluding hydrogens is 313 g/mol. The molecule has 0 aliphatic heterocycles. The summed E-state index contributed by atoms with van der Waals surface area (Å²) in [6.45, 7) is 0.150. The van der Waals surface area contributed by atoms with Gasteiger partial charge in [0.15, 0.2) is 11.0 Å². The zero-order valence-electron chi connectivity index (χ0n) is 12.4. The van der Waals surface area contributed by atoms with Crippen molar-refractivity contribution in [2.45, 2.75) is 11.6 Å². The molecule has 3 aromatic rings. The van der Waals surface area contributed by atoms with Crippen molar-refractivity contribution in [1.29, 1.82) is 0 Å². The quantitative estimate of drug-likeness (QED) is 0.555. The van der Waals surface area contributed by atoms with Gasteiger partial charge >= 0.3 is 0 Å². The highest BCUT2D eigenvalue weighted by atomic mass is 32.2. The molecule has 1 heterocycles. The van der Waals surface area contributed by atoms with Crippen LogP contribution in [0.3, 0.4) is 0 Å². The summed E-state index contributed by atoms with van der Waals surface area (Å²) in [6.07, 6.45) is 0.693. The number of rotatable bonds is 6. The molecule has 0 spiro atoms. The molecule has 118 valence electrons. The summed E-state index contributed by atoms with van der Waals surface area (Å²) < 4.78 is 15.1. The number of hydrogen-bond acceptors (Lipinski definition) is 4. The first kappa shape index (κ1) is 15.7. The van der Waals surface area contributed by atoms with E-state index < -0.39 is 0 Å². The van der Waals surface area contributed by atoms with Gasteiger partial charge in [-0.2, -0.15) is 0 Å². The van der Waals surface area contributed by atoms with Crippen molar-refractivity contribution < 1.29 is 9.50 Å². The van der Waals surface area contributed by atoms with Crippen molar-refractivity contribution in [3.05, 3.63) is 60.4 Å². The van der Waals surface area contributed by atoms with Crippen LogP contribution in [0.1, 0.15) is 6.42 Å². The maximum atomic E-state index is 13.2. The Morgan fingerprint density at radius 2 is 1.74 bits per heavy atom. The Kier molecular flexibility index (Phi) is 5.05. The Morgan fingerprint density at radius 1 is 1.00 bits per heavy atom. The van der Waals surface area contributed by atoms with Crippen LogP contribution < -0.4 is 0 Å². The largest absolute Gasteiger partial charge is 0.396 e. The third kappa shape index (κ3) is 3.60. The number of aromatic nitrogens is 3. The topological polar surface area (TPSA) is 50.9 Å². The van der Waals surface area contributed by atoms with Crippen LogP contribution in [0.15, 0.2) is 59.8 Å². The summed E-state index contributed by atoms with van der Waals surface area (Å²) in [5.41, 5.74) is 1.75. The van der Waals surface area contributed by atoms with Crippen molar-refractivity contribution in [3.8, 4) is 17.1 Å². The molecule has 6 heteroatoms. The number of aliphatic hydroxyl groups is 1. The number of nitrogens with zero attached hydrogens (tertiary/aromatic N) is 3. The Balaban J connectivity index is 2.04. The second kappa shape index (κ2) is 7.39. The lowest BCUT2D eigenvalue weighted by atomic mass is 10.2. The van der Waals surface area contributed by atoms with E-state index in [-0.39, 0.29) is 12.4 Å². The summed E-state index contributed by atoms with van der Waals surface area (Å²) in [6, 6.07) is 16.0. The summed E-state index contributed by atoms with van der Waals surface area (Å²) in [4.78, 5) is 0. The SMILES string of the molecule is OCCCSc1nnc(-c2ccc(F)cc2)n1-c1ccccc1. The number of aliphatic hydroxyl groups excluding tert-OH is 1. The van der Waals surface area contributed by atoms with Gasteiger partial charge in [-0.1, -0.05) is 30.0 Å². The molecule has 4 nitrogen and oxygen atoms in total. The van der Waals surface area contributed by atoms with E-state index in [9.17, 15) is 4.39 Å². The molecule has 0 saturated carbocycles. The van der Waals surface area contributed by atoms with Crippen LogP contribution in [-0.2, 0) is 0 Å². The first-order valence-electron chi connectivity index (χ1n) is 7.30. The smallest absolute Gasteiger partial charge is 0.196 e. The summed E-state index contributed by atoms with van der Waals surface area (Å²) >= 11 is 1.54. The highest BCUT2D eigenvalue weighted by molar-refractivity contribution is 7.99. The predicted molar refractivity (Wildman–Crippen MR) is 89.2 cm³/mol. The third-order valence-corrected chi connectivity index (χ3v) is 4.30. The van der Waals surface area contributed by atoms with Crippen LogP contribution in [0, 0.1) is 5.82 Å². The first-order valence-corrected chi connectivity index (χ1v) is 8.28. The fourth-order valence-electron chi connectivity index (χ4n) is 2.19. The fourth-order valence-corrected chi connectivity index (χ4v) is 3.06. The lowest BCUT2D eigenvalue weighted by molar-refractivity contribution is 0.296. The van der Waals surface area contributed by atoms with Crippen molar-refractivity contribution >= 4 is 11.8 Å². The van der Waals surface area contributed by atoms with E-state index in [0.29, 0.717) is 12.2 Å². The molecule has 0 aliphatic carbocycles. The molecular formula is C17H16FN3OS. The third-order valence-electron chi connectivity index (χ3n) is 3.28. The molecule has 0 bridgehead atoms. The molecule has 0 fully saturated rings. The summed E-state index contributed by atoms with van der Waals surface area (Å²) in [5, 5.41) is 18.2. The van der Waals surface area contributed by atoms with Gasteiger partial charge in [-0.25, -0.2) is 4.39 Å². The van der Waals surface area contributed by atoms with E-state index in [1.807, 2.05) is 34.9 Å². The molecule has 0 saturated heterocycles. The molecule has 1 aromatic heterocycles. The molecule has 2 aromatic carbocycles. The van der Waals surface area contributed by atoms with E-state index in [1.54, 1.807) is 23.9 Å². The molecule has 3 rings (SSSR count). The van der Waals surface area contributed by atoms with Gasteiger partial charge in [-0.05, 0) is 42.8 Å². The van der Waals surface area contributed by atoms with E-state index in [0.717, 1.165) is 22.2 Å². The second-order valence-electron chi connectivity index (χ2n) is 4.91. The molecule has 0 unspecified atom stereocenters. The monoisotopic (exact) mass is 329 g/mol. The average molecular weight is 329 g/mol. The Labute approximate surface area is 138 Å². The van der Waals surface area contributed by atoms with Crippen molar-refractivity contribution in [2.75, 3.05) is 12.4 Å². The number of thioether (sulfide) groups is 1. The minimum Gasteiger partial charge on any atom is -0.396 e. The first-order chi connectivity index (χ1) is 11.3. The number of halogens is 1. The molecule has 0 radical (unpaired) electrons. The van der Waals surface area contributed by atoms with Crippen LogP contribution in [-0.4, -0.2) is 32.2 Å². The zero-order chi connectivity index (χ0) is 16.1. The van der Waals surface area contributed by atoms with Gasteiger partial charge in [-0.3, -0.25) is 4.57 Å². The van der Waals surface area contributed by atoms with Gasteiger partial charge in [-0.15, -0.1) is 10.2 Å². The van der Waals surface area contributed by atoms with Gasteiger partial charge < -0.3 is 5.11 Å². The lowest BCUT2D eigenvalue weighted by Crippen LogP contribution is -2.00. The van der Waals surface area contributed by atoms with Gasteiger partial charge in [0, 0.05) is 23.6 Å². The highest BCUT2D eigenvalue weighted by Crippen LogP contribution is 2.28. The van der Waals surface area contributed by atoms with E-state index >= 15 is 0 Å². The van der Waals surface area contributed by atoms with E-state index in [1.165, 1.54) is 12.1 Å². The van der Waals surface area contributed by atoms with Crippen LogP contribution in [0.2, 0.25) is 0 Å². The maximum Gasteiger partial charge on any atom is 0.196 e. The number of benzene rings is 2. The van der Waals surface area contributed by atoms with Gasteiger partial charge in [0.2, 0.25) is 0 Å². The van der Waals surface area contributed by atoms with Gasteiger partial charge in [0.25, 0.3) is 0 Å².